The van der Waals surface area contributed by atoms with Gasteiger partial charge < -0.3 is 0 Å². The summed E-state index contributed by atoms with van der Waals surface area (Å²) in [7, 11) is 0. The average molecular weight is 178 g/mol. The highest BCUT2D eigenvalue weighted by Crippen LogP contribution is 2.21. The summed E-state index contributed by atoms with van der Waals surface area (Å²) in [6.07, 6.45) is 3.78. The van der Waals surface area contributed by atoms with Crippen molar-refractivity contribution in [3.63, 3.8) is 0 Å². The lowest BCUT2D eigenvalue weighted by molar-refractivity contribution is 0.610. The normalized spacial score (nSPS) is 15.4. The number of benzene rings is 1. The van der Waals surface area contributed by atoms with Crippen LogP contribution >= 0.6 is 0 Å². The Labute approximate surface area is 76.6 Å². The van der Waals surface area contributed by atoms with Crippen molar-refractivity contribution in [2.45, 2.75) is 6.92 Å². The first-order chi connectivity index (χ1) is 6.29. The SMILES string of the molecule is Cc1cccc(N2C=CCN2)c1F. The molecule has 0 aromatic heterocycles. The van der Waals surface area contributed by atoms with Crippen LogP contribution in [0.25, 0.3) is 0 Å². The molecule has 0 bridgehead atoms. The first-order valence-corrected chi connectivity index (χ1v) is 4.23. The lowest BCUT2D eigenvalue weighted by Gasteiger charge is -2.17. The number of rotatable bonds is 1. The minimum Gasteiger partial charge on any atom is -0.281 e. The monoisotopic (exact) mass is 178 g/mol. The molecular weight excluding hydrogens is 167 g/mol. The highest BCUT2D eigenvalue weighted by molar-refractivity contribution is 5.52. The number of hydrogen-bond acceptors (Lipinski definition) is 2. The van der Waals surface area contributed by atoms with E-state index in [1.807, 2.05) is 18.3 Å². The van der Waals surface area contributed by atoms with Crippen LogP contribution in [0.3, 0.4) is 0 Å². The topological polar surface area (TPSA) is 15.3 Å². The van der Waals surface area contributed by atoms with E-state index in [-0.39, 0.29) is 5.82 Å². The lowest BCUT2D eigenvalue weighted by atomic mass is 10.2. The fourth-order valence-corrected chi connectivity index (χ4v) is 1.35. The molecule has 1 aliphatic rings. The summed E-state index contributed by atoms with van der Waals surface area (Å²) < 4.78 is 13.5. The summed E-state index contributed by atoms with van der Waals surface area (Å²) in [6.45, 7) is 2.52. The van der Waals surface area contributed by atoms with Gasteiger partial charge in [0.1, 0.15) is 0 Å². The van der Waals surface area contributed by atoms with Gasteiger partial charge in [-0.1, -0.05) is 18.2 Å². The molecular formula is C10H11FN2. The Kier molecular flexibility index (Phi) is 2.02. The van der Waals surface area contributed by atoms with Gasteiger partial charge in [0.15, 0.2) is 5.82 Å². The number of nitrogens with one attached hydrogen (secondary N) is 1. The van der Waals surface area contributed by atoms with Crippen LogP contribution in [0.2, 0.25) is 0 Å². The number of hydrogen-bond donors (Lipinski definition) is 1. The third-order valence-corrected chi connectivity index (χ3v) is 2.06. The van der Waals surface area contributed by atoms with E-state index in [9.17, 15) is 4.39 Å². The van der Waals surface area contributed by atoms with Crippen molar-refractivity contribution in [1.82, 2.24) is 5.43 Å². The molecule has 1 aliphatic heterocycles. The van der Waals surface area contributed by atoms with Gasteiger partial charge in [0.05, 0.1) is 5.69 Å². The summed E-state index contributed by atoms with van der Waals surface area (Å²) in [5, 5.41) is 1.70. The van der Waals surface area contributed by atoms with Crippen molar-refractivity contribution >= 4 is 5.69 Å². The minimum absolute atomic E-state index is 0.165. The van der Waals surface area contributed by atoms with Crippen LogP contribution in [0.15, 0.2) is 30.5 Å². The highest BCUT2D eigenvalue weighted by Gasteiger charge is 2.12. The summed E-state index contributed by atoms with van der Waals surface area (Å²) >= 11 is 0. The molecule has 0 spiro atoms. The van der Waals surface area contributed by atoms with Crippen LogP contribution in [-0.2, 0) is 0 Å². The Balaban J connectivity index is 2.39. The van der Waals surface area contributed by atoms with Crippen molar-refractivity contribution in [1.29, 1.82) is 0 Å². The van der Waals surface area contributed by atoms with E-state index in [0.29, 0.717) is 11.3 Å². The lowest BCUT2D eigenvalue weighted by Crippen LogP contribution is -2.29. The fourth-order valence-electron chi connectivity index (χ4n) is 1.35. The maximum absolute atomic E-state index is 13.5. The molecule has 1 aromatic rings. The zero-order valence-corrected chi connectivity index (χ0v) is 7.42. The van der Waals surface area contributed by atoms with Crippen LogP contribution in [0.4, 0.5) is 10.1 Å². The largest absolute Gasteiger partial charge is 0.281 e. The molecule has 0 fully saturated rings. The zero-order valence-electron chi connectivity index (χ0n) is 7.42. The number of anilines is 1. The second-order valence-electron chi connectivity index (χ2n) is 3.03. The van der Waals surface area contributed by atoms with Crippen molar-refractivity contribution < 1.29 is 4.39 Å². The van der Waals surface area contributed by atoms with Gasteiger partial charge in [0.25, 0.3) is 0 Å². The molecule has 68 valence electrons. The van der Waals surface area contributed by atoms with Gasteiger partial charge in [-0.15, -0.1) is 0 Å². The molecule has 2 rings (SSSR count). The fraction of sp³-hybridized carbons (Fsp3) is 0.200. The molecule has 1 aromatic carbocycles. The van der Waals surface area contributed by atoms with Crippen molar-refractivity contribution in [2.24, 2.45) is 0 Å². The van der Waals surface area contributed by atoms with Crippen molar-refractivity contribution in [2.75, 3.05) is 11.6 Å². The maximum atomic E-state index is 13.5. The first kappa shape index (κ1) is 8.26. The smallest absolute Gasteiger partial charge is 0.151 e. The van der Waals surface area contributed by atoms with Crippen LogP contribution in [0, 0.1) is 12.7 Å². The van der Waals surface area contributed by atoms with Gasteiger partial charge in [-0.3, -0.25) is 5.01 Å². The molecule has 0 unspecified atom stereocenters. The zero-order chi connectivity index (χ0) is 9.26. The molecule has 0 saturated heterocycles. The van der Waals surface area contributed by atoms with Crippen LogP contribution < -0.4 is 10.4 Å². The van der Waals surface area contributed by atoms with Crippen LogP contribution in [0.5, 0.6) is 0 Å². The second-order valence-corrected chi connectivity index (χ2v) is 3.03. The molecule has 3 heteroatoms. The maximum Gasteiger partial charge on any atom is 0.151 e. The van der Waals surface area contributed by atoms with E-state index in [2.05, 4.69) is 5.43 Å². The summed E-state index contributed by atoms with van der Waals surface area (Å²) in [5.74, 6) is -0.165. The molecule has 0 amide bonds. The number of nitrogens with zero attached hydrogens (tertiary/aromatic N) is 1. The number of hydrazine groups is 1. The van der Waals surface area contributed by atoms with Crippen molar-refractivity contribution in [3.8, 4) is 0 Å². The quantitative estimate of drug-likeness (QED) is 0.707. The Morgan fingerprint density at radius 2 is 2.31 bits per heavy atom. The molecule has 2 nitrogen and oxygen atoms in total. The van der Waals surface area contributed by atoms with Gasteiger partial charge in [-0.05, 0) is 18.6 Å². The van der Waals surface area contributed by atoms with Gasteiger partial charge >= 0.3 is 0 Å². The summed E-state index contributed by atoms with van der Waals surface area (Å²) in [5.41, 5.74) is 4.27. The second kappa shape index (κ2) is 3.18. The Bertz CT molecular complexity index is 347. The molecule has 0 atom stereocenters. The summed E-state index contributed by atoms with van der Waals surface area (Å²) in [4.78, 5) is 0. The van der Waals surface area contributed by atoms with E-state index in [0.717, 1.165) is 6.54 Å². The Morgan fingerprint density at radius 1 is 1.46 bits per heavy atom. The van der Waals surface area contributed by atoms with E-state index in [1.54, 1.807) is 24.1 Å². The van der Waals surface area contributed by atoms with Gasteiger partial charge in [-0.25, -0.2) is 9.82 Å². The van der Waals surface area contributed by atoms with Gasteiger partial charge in [0, 0.05) is 12.7 Å². The van der Waals surface area contributed by atoms with Crippen LogP contribution in [0.1, 0.15) is 5.56 Å². The molecule has 1 heterocycles. The van der Waals surface area contributed by atoms with Gasteiger partial charge in [-0.2, -0.15) is 0 Å². The summed E-state index contributed by atoms with van der Waals surface area (Å²) in [6, 6.07) is 5.37. The molecule has 1 N–H and O–H groups in total. The van der Waals surface area contributed by atoms with Gasteiger partial charge in [0.2, 0.25) is 0 Å². The number of aryl methyl sites for hydroxylation is 1. The Morgan fingerprint density at radius 3 is 3.00 bits per heavy atom. The third-order valence-electron chi connectivity index (χ3n) is 2.06. The first-order valence-electron chi connectivity index (χ1n) is 4.23. The third kappa shape index (κ3) is 1.42. The molecule has 13 heavy (non-hydrogen) atoms. The average Bonchev–Trinajstić information content (AvgIpc) is 2.62. The molecule has 0 aliphatic carbocycles. The standard InChI is InChI=1S/C10H11FN2/c1-8-4-2-5-9(10(8)11)13-7-3-6-12-13/h2-5,7,12H,6H2,1H3. The predicted octanol–water partition coefficient (Wildman–Crippen LogP) is 1.97. The highest BCUT2D eigenvalue weighted by atomic mass is 19.1. The van der Waals surface area contributed by atoms with E-state index in [1.165, 1.54) is 0 Å². The molecule has 0 saturated carbocycles. The van der Waals surface area contributed by atoms with Crippen LogP contribution in [-0.4, -0.2) is 6.54 Å². The predicted molar refractivity (Wildman–Crippen MR) is 50.8 cm³/mol. The van der Waals surface area contributed by atoms with E-state index in [4.69, 9.17) is 0 Å². The molecule has 0 radical (unpaired) electrons. The van der Waals surface area contributed by atoms with E-state index >= 15 is 0 Å². The number of halogens is 1. The Hall–Kier alpha value is -1.35. The van der Waals surface area contributed by atoms with E-state index < -0.39 is 0 Å². The van der Waals surface area contributed by atoms with Crippen molar-refractivity contribution in [3.05, 3.63) is 41.9 Å². The minimum atomic E-state index is -0.165.